The van der Waals surface area contributed by atoms with Crippen molar-refractivity contribution in [3.8, 4) is 0 Å². The first kappa shape index (κ1) is 12.1. The minimum Gasteiger partial charge on any atom is -0.383 e. The Morgan fingerprint density at radius 3 is 2.44 bits per heavy atom. The summed E-state index contributed by atoms with van der Waals surface area (Å²) in [4.78, 5) is 7.80. The van der Waals surface area contributed by atoms with Gasteiger partial charge in [0.1, 0.15) is 17.5 Å². The fourth-order valence-corrected chi connectivity index (χ4v) is 1.62. The Labute approximate surface area is 104 Å². The van der Waals surface area contributed by atoms with E-state index in [0.29, 0.717) is 11.6 Å². The number of benzene rings is 1. The largest absolute Gasteiger partial charge is 0.383 e. The molecule has 0 radical (unpaired) electrons. The van der Waals surface area contributed by atoms with E-state index in [1.807, 2.05) is 6.92 Å². The van der Waals surface area contributed by atoms with Crippen molar-refractivity contribution in [1.29, 1.82) is 0 Å². The van der Waals surface area contributed by atoms with Crippen molar-refractivity contribution in [2.75, 3.05) is 16.8 Å². The van der Waals surface area contributed by atoms with Crippen LogP contribution in [0.3, 0.4) is 0 Å². The number of hydrogen-bond acceptors (Lipinski definition) is 5. The highest BCUT2D eigenvalue weighted by Crippen LogP contribution is 2.19. The molecule has 0 amide bonds. The highest BCUT2D eigenvalue weighted by atomic mass is 19.1. The number of aromatic nitrogens is 2. The second-order valence-corrected chi connectivity index (χ2v) is 3.95. The van der Waals surface area contributed by atoms with E-state index in [9.17, 15) is 4.39 Å². The highest BCUT2D eigenvalue weighted by molar-refractivity contribution is 5.49. The highest BCUT2D eigenvalue weighted by Gasteiger charge is 2.07. The average molecular weight is 247 g/mol. The molecular weight excluding hydrogens is 233 g/mol. The fraction of sp³-hybridized carbons (Fsp3) is 0.167. The molecule has 1 unspecified atom stereocenters. The summed E-state index contributed by atoms with van der Waals surface area (Å²) in [6, 6.07) is 7.80. The molecule has 0 aliphatic carbocycles. The molecule has 0 saturated heterocycles. The monoisotopic (exact) mass is 247 g/mol. The van der Waals surface area contributed by atoms with E-state index in [-0.39, 0.29) is 17.8 Å². The zero-order valence-corrected chi connectivity index (χ0v) is 9.89. The Morgan fingerprint density at radius 1 is 1.17 bits per heavy atom. The van der Waals surface area contributed by atoms with E-state index >= 15 is 0 Å². The van der Waals surface area contributed by atoms with Gasteiger partial charge in [0.2, 0.25) is 5.95 Å². The molecule has 1 aromatic carbocycles. The van der Waals surface area contributed by atoms with E-state index in [1.165, 1.54) is 12.1 Å². The number of halogens is 1. The SMILES string of the molecule is CC(Nc1cc(N)nc(N)n1)c1ccc(F)cc1. The van der Waals surface area contributed by atoms with Crippen molar-refractivity contribution in [2.24, 2.45) is 0 Å². The van der Waals surface area contributed by atoms with E-state index in [2.05, 4.69) is 15.3 Å². The predicted octanol–water partition coefficient (Wildman–Crippen LogP) is 1.95. The maximum absolute atomic E-state index is 12.8. The standard InChI is InChI=1S/C12H14FN5/c1-7(8-2-4-9(13)5-3-8)16-11-6-10(14)17-12(15)18-11/h2-7H,1H3,(H5,14,15,16,17,18). The van der Waals surface area contributed by atoms with Crippen LogP contribution in [-0.2, 0) is 0 Å². The summed E-state index contributed by atoms with van der Waals surface area (Å²) in [6.45, 7) is 1.93. The molecule has 0 aliphatic heterocycles. The van der Waals surface area contributed by atoms with Crippen molar-refractivity contribution in [2.45, 2.75) is 13.0 Å². The number of anilines is 3. The average Bonchev–Trinajstić information content (AvgIpc) is 2.28. The van der Waals surface area contributed by atoms with Crippen molar-refractivity contribution in [1.82, 2.24) is 9.97 Å². The molecule has 2 aromatic rings. The molecule has 0 fully saturated rings. The van der Waals surface area contributed by atoms with Crippen LogP contribution in [0, 0.1) is 5.82 Å². The van der Waals surface area contributed by atoms with E-state index in [1.54, 1.807) is 18.2 Å². The summed E-state index contributed by atoms with van der Waals surface area (Å²) in [5.41, 5.74) is 12.0. The van der Waals surface area contributed by atoms with Crippen LogP contribution in [-0.4, -0.2) is 9.97 Å². The lowest BCUT2D eigenvalue weighted by molar-refractivity contribution is 0.626. The number of rotatable bonds is 3. The number of hydrogen-bond donors (Lipinski definition) is 3. The van der Waals surface area contributed by atoms with Gasteiger partial charge in [-0.1, -0.05) is 12.1 Å². The van der Waals surface area contributed by atoms with Crippen LogP contribution >= 0.6 is 0 Å². The molecule has 0 aliphatic rings. The molecule has 6 heteroatoms. The topological polar surface area (TPSA) is 89.8 Å². The molecule has 1 heterocycles. The summed E-state index contributed by atoms with van der Waals surface area (Å²) in [5, 5.41) is 3.13. The van der Waals surface area contributed by atoms with Gasteiger partial charge < -0.3 is 16.8 Å². The van der Waals surface area contributed by atoms with Crippen molar-refractivity contribution >= 4 is 17.6 Å². The first-order valence-corrected chi connectivity index (χ1v) is 5.46. The lowest BCUT2D eigenvalue weighted by atomic mass is 10.1. The van der Waals surface area contributed by atoms with Crippen LogP contribution in [0.5, 0.6) is 0 Å². The number of nitrogens with zero attached hydrogens (tertiary/aromatic N) is 2. The summed E-state index contributed by atoms with van der Waals surface area (Å²) in [5.74, 6) is 0.693. The zero-order chi connectivity index (χ0) is 13.1. The predicted molar refractivity (Wildman–Crippen MR) is 69.3 cm³/mol. The quantitative estimate of drug-likeness (QED) is 0.771. The molecule has 0 spiro atoms. The van der Waals surface area contributed by atoms with Crippen LogP contribution in [0.1, 0.15) is 18.5 Å². The minimum absolute atomic E-state index is 0.0423. The Hall–Kier alpha value is -2.37. The van der Waals surface area contributed by atoms with Crippen LogP contribution in [0.15, 0.2) is 30.3 Å². The molecule has 2 rings (SSSR count). The van der Waals surface area contributed by atoms with Gasteiger partial charge in [-0.3, -0.25) is 0 Å². The van der Waals surface area contributed by atoms with Gasteiger partial charge in [-0.15, -0.1) is 0 Å². The van der Waals surface area contributed by atoms with E-state index in [0.717, 1.165) is 5.56 Å². The Bertz CT molecular complexity index is 520. The van der Waals surface area contributed by atoms with Crippen molar-refractivity contribution in [3.05, 3.63) is 41.7 Å². The summed E-state index contributed by atoms with van der Waals surface area (Å²) < 4.78 is 12.8. The molecule has 0 saturated carbocycles. The van der Waals surface area contributed by atoms with Gasteiger partial charge in [-0.05, 0) is 24.6 Å². The normalized spacial score (nSPS) is 12.1. The third-order valence-corrected chi connectivity index (χ3v) is 2.50. The van der Waals surface area contributed by atoms with Crippen molar-refractivity contribution in [3.63, 3.8) is 0 Å². The zero-order valence-electron chi connectivity index (χ0n) is 9.89. The minimum atomic E-state index is -0.263. The Morgan fingerprint density at radius 2 is 1.83 bits per heavy atom. The van der Waals surface area contributed by atoms with Crippen molar-refractivity contribution < 1.29 is 4.39 Å². The van der Waals surface area contributed by atoms with Gasteiger partial charge in [0.05, 0.1) is 0 Å². The maximum atomic E-state index is 12.8. The lowest BCUT2D eigenvalue weighted by Gasteiger charge is -2.15. The third kappa shape index (κ3) is 2.85. The number of nitrogens with two attached hydrogens (primary N) is 2. The number of nitrogen functional groups attached to an aromatic ring is 2. The molecule has 1 aromatic heterocycles. The Balaban J connectivity index is 2.15. The van der Waals surface area contributed by atoms with Crippen LogP contribution in [0.25, 0.3) is 0 Å². The van der Waals surface area contributed by atoms with E-state index in [4.69, 9.17) is 11.5 Å². The van der Waals surface area contributed by atoms with Gasteiger partial charge in [-0.2, -0.15) is 9.97 Å². The first-order chi connectivity index (χ1) is 8.54. The molecule has 94 valence electrons. The molecule has 0 bridgehead atoms. The maximum Gasteiger partial charge on any atom is 0.223 e. The third-order valence-electron chi connectivity index (χ3n) is 2.50. The fourth-order valence-electron chi connectivity index (χ4n) is 1.62. The first-order valence-electron chi connectivity index (χ1n) is 5.46. The second-order valence-electron chi connectivity index (χ2n) is 3.95. The van der Waals surface area contributed by atoms with Crippen LogP contribution < -0.4 is 16.8 Å². The van der Waals surface area contributed by atoms with Gasteiger partial charge in [-0.25, -0.2) is 4.39 Å². The Kier molecular flexibility index (Phi) is 3.27. The van der Waals surface area contributed by atoms with Crippen LogP contribution in [0.2, 0.25) is 0 Å². The summed E-state index contributed by atoms with van der Waals surface area (Å²) >= 11 is 0. The molecule has 1 atom stereocenters. The smallest absolute Gasteiger partial charge is 0.223 e. The number of nitrogens with one attached hydrogen (secondary N) is 1. The molecule has 5 nitrogen and oxygen atoms in total. The van der Waals surface area contributed by atoms with Crippen LogP contribution in [0.4, 0.5) is 22.0 Å². The summed E-state index contributed by atoms with van der Waals surface area (Å²) in [7, 11) is 0. The van der Waals surface area contributed by atoms with Gasteiger partial charge in [0, 0.05) is 12.1 Å². The van der Waals surface area contributed by atoms with Gasteiger partial charge in [0.15, 0.2) is 0 Å². The van der Waals surface area contributed by atoms with E-state index < -0.39 is 0 Å². The van der Waals surface area contributed by atoms with Gasteiger partial charge in [0.25, 0.3) is 0 Å². The molecular formula is C12H14FN5. The molecule has 5 N–H and O–H groups in total. The lowest BCUT2D eigenvalue weighted by Crippen LogP contribution is -2.10. The summed E-state index contributed by atoms with van der Waals surface area (Å²) in [6.07, 6.45) is 0. The van der Waals surface area contributed by atoms with Gasteiger partial charge >= 0.3 is 0 Å². The second kappa shape index (κ2) is 4.87. The molecule has 18 heavy (non-hydrogen) atoms.